The number of nitrogens with zero attached hydrogens (tertiary/aromatic N) is 1. The fraction of sp³-hybridized carbons (Fsp3) is 0.611. The molecule has 0 spiro atoms. The smallest absolute Gasteiger partial charge is 0.0657 e. The van der Waals surface area contributed by atoms with E-state index in [9.17, 15) is 5.11 Å². The van der Waals surface area contributed by atoms with E-state index in [-0.39, 0.29) is 6.10 Å². The first-order valence-electron chi connectivity index (χ1n) is 8.22. The van der Waals surface area contributed by atoms with Gasteiger partial charge in [0.25, 0.3) is 0 Å². The van der Waals surface area contributed by atoms with Crippen LogP contribution in [0.1, 0.15) is 50.3 Å². The maximum atomic E-state index is 10.4. The van der Waals surface area contributed by atoms with Crippen LogP contribution in [0.3, 0.4) is 0 Å². The van der Waals surface area contributed by atoms with Gasteiger partial charge in [0, 0.05) is 12.3 Å². The topological polar surface area (TPSA) is 44.6 Å². The molecule has 1 aromatic carbocycles. The Hall–Kier alpha value is -1.19. The molecule has 0 aromatic heterocycles. The normalized spacial score (nSPS) is 26.7. The van der Waals surface area contributed by atoms with Crippen molar-refractivity contribution in [3.8, 4) is 0 Å². The van der Waals surface area contributed by atoms with Crippen LogP contribution in [-0.4, -0.2) is 24.0 Å². The number of fused-ring (bicyclic) bond motifs is 1. The van der Waals surface area contributed by atoms with E-state index in [1.165, 1.54) is 11.1 Å². The molecule has 114 valence electrons. The van der Waals surface area contributed by atoms with Gasteiger partial charge in [-0.2, -0.15) is 0 Å². The van der Waals surface area contributed by atoms with Gasteiger partial charge in [-0.25, -0.2) is 0 Å². The van der Waals surface area contributed by atoms with Crippen molar-refractivity contribution >= 4 is 11.9 Å². The number of benzene rings is 1. The van der Waals surface area contributed by atoms with Gasteiger partial charge in [0.05, 0.1) is 11.8 Å². The van der Waals surface area contributed by atoms with Crippen LogP contribution in [0.4, 0.5) is 5.69 Å². The van der Waals surface area contributed by atoms with Crippen LogP contribution < -0.4 is 5.32 Å². The molecule has 0 bridgehead atoms. The Kier molecular flexibility index (Phi) is 4.41. The molecule has 1 saturated heterocycles. The van der Waals surface area contributed by atoms with Crippen LogP contribution in [-0.2, 0) is 6.42 Å². The van der Waals surface area contributed by atoms with Gasteiger partial charge in [-0.15, -0.1) is 0 Å². The van der Waals surface area contributed by atoms with Crippen molar-refractivity contribution in [3.05, 3.63) is 29.3 Å². The van der Waals surface area contributed by atoms with Gasteiger partial charge in [0.15, 0.2) is 0 Å². The average molecular weight is 286 g/mol. The van der Waals surface area contributed by atoms with E-state index in [0.29, 0.717) is 17.9 Å². The third-order valence-corrected chi connectivity index (χ3v) is 4.89. The molecule has 1 aromatic rings. The molecule has 0 amide bonds. The van der Waals surface area contributed by atoms with Crippen LogP contribution in [0.25, 0.3) is 0 Å². The number of hydrogen-bond acceptors (Lipinski definition) is 3. The molecule has 2 aliphatic heterocycles. The zero-order chi connectivity index (χ0) is 14.8. The minimum atomic E-state index is -0.183. The highest BCUT2D eigenvalue weighted by atomic mass is 16.3. The average Bonchev–Trinajstić information content (AvgIpc) is 2.53. The molecule has 3 unspecified atom stereocenters. The summed E-state index contributed by atoms with van der Waals surface area (Å²) in [6.07, 6.45) is 6.07. The highest BCUT2D eigenvalue weighted by Crippen LogP contribution is 2.34. The largest absolute Gasteiger partial charge is 0.393 e. The molecule has 3 nitrogen and oxygen atoms in total. The van der Waals surface area contributed by atoms with Crippen LogP contribution in [0.5, 0.6) is 0 Å². The van der Waals surface area contributed by atoms with Crippen molar-refractivity contribution in [2.75, 3.05) is 6.54 Å². The Labute approximate surface area is 127 Å². The molecule has 21 heavy (non-hydrogen) atoms. The monoisotopic (exact) mass is 286 g/mol. The molecular formula is C18H26N2O. The maximum Gasteiger partial charge on any atom is 0.0657 e. The summed E-state index contributed by atoms with van der Waals surface area (Å²) in [5, 5.41) is 14.0. The summed E-state index contributed by atoms with van der Waals surface area (Å²) in [6, 6.07) is 7.02. The first kappa shape index (κ1) is 14.7. The molecular weight excluding hydrogens is 260 g/mol. The number of aliphatic imine (C=N–C) groups is 1. The summed E-state index contributed by atoms with van der Waals surface area (Å²) in [6.45, 7) is 5.21. The van der Waals surface area contributed by atoms with Crippen LogP contribution >= 0.6 is 0 Å². The Balaban J connectivity index is 1.76. The minimum absolute atomic E-state index is 0.183. The first-order chi connectivity index (χ1) is 10.1. The van der Waals surface area contributed by atoms with Crippen molar-refractivity contribution < 1.29 is 5.11 Å². The zero-order valence-electron chi connectivity index (χ0n) is 13.0. The van der Waals surface area contributed by atoms with E-state index in [2.05, 4.69) is 42.4 Å². The van der Waals surface area contributed by atoms with E-state index in [0.717, 1.165) is 37.9 Å². The van der Waals surface area contributed by atoms with Crippen LogP contribution in [0.2, 0.25) is 0 Å². The fourth-order valence-corrected chi connectivity index (χ4v) is 3.59. The second kappa shape index (κ2) is 6.29. The molecule has 3 atom stereocenters. The van der Waals surface area contributed by atoms with Crippen molar-refractivity contribution in [1.29, 1.82) is 0 Å². The SMILES string of the molecule is CC(C)C(O)C1CCNC(c2ccc3c(c2)CCC=N3)C1. The quantitative estimate of drug-likeness (QED) is 0.894. The molecule has 3 rings (SSSR count). The van der Waals surface area contributed by atoms with E-state index >= 15 is 0 Å². The molecule has 2 N–H and O–H groups in total. The minimum Gasteiger partial charge on any atom is -0.393 e. The Morgan fingerprint density at radius 2 is 2.19 bits per heavy atom. The zero-order valence-corrected chi connectivity index (χ0v) is 13.0. The van der Waals surface area contributed by atoms with Gasteiger partial charge in [-0.3, -0.25) is 4.99 Å². The molecule has 0 saturated carbocycles. The van der Waals surface area contributed by atoms with Crippen LogP contribution in [0, 0.1) is 11.8 Å². The van der Waals surface area contributed by atoms with Gasteiger partial charge in [0.1, 0.15) is 0 Å². The number of aryl methyl sites for hydroxylation is 1. The van der Waals surface area contributed by atoms with Gasteiger partial charge >= 0.3 is 0 Å². The molecule has 3 heteroatoms. The summed E-state index contributed by atoms with van der Waals surface area (Å²) in [4.78, 5) is 4.46. The Bertz CT molecular complexity index is 524. The Morgan fingerprint density at radius 3 is 3.00 bits per heavy atom. The van der Waals surface area contributed by atoms with Crippen molar-refractivity contribution in [3.63, 3.8) is 0 Å². The number of nitrogens with one attached hydrogen (secondary N) is 1. The lowest BCUT2D eigenvalue weighted by atomic mass is 9.81. The van der Waals surface area contributed by atoms with E-state index in [1.807, 2.05) is 6.21 Å². The van der Waals surface area contributed by atoms with Crippen molar-refractivity contribution in [2.45, 2.75) is 51.7 Å². The lowest BCUT2D eigenvalue weighted by Crippen LogP contribution is -2.38. The predicted octanol–water partition coefficient (Wildman–Crippen LogP) is 3.39. The molecule has 0 aliphatic carbocycles. The van der Waals surface area contributed by atoms with Crippen molar-refractivity contribution in [1.82, 2.24) is 5.32 Å². The van der Waals surface area contributed by atoms with Crippen LogP contribution in [0.15, 0.2) is 23.2 Å². The third kappa shape index (κ3) is 3.19. The number of aliphatic hydroxyl groups excluding tert-OH is 1. The summed E-state index contributed by atoms with van der Waals surface area (Å²) < 4.78 is 0. The lowest BCUT2D eigenvalue weighted by Gasteiger charge is -2.35. The first-order valence-corrected chi connectivity index (χ1v) is 8.22. The summed E-state index contributed by atoms with van der Waals surface area (Å²) in [5.74, 6) is 0.747. The molecule has 2 heterocycles. The third-order valence-electron chi connectivity index (χ3n) is 4.89. The van der Waals surface area contributed by atoms with E-state index in [4.69, 9.17) is 0 Å². The predicted molar refractivity (Wildman–Crippen MR) is 87.2 cm³/mol. The summed E-state index contributed by atoms with van der Waals surface area (Å²) in [7, 11) is 0. The van der Waals surface area contributed by atoms with E-state index in [1.54, 1.807) is 0 Å². The van der Waals surface area contributed by atoms with Gasteiger partial charge in [0.2, 0.25) is 0 Å². The van der Waals surface area contributed by atoms with Crippen molar-refractivity contribution in [2.24, 2.45) is 16.8 Å². The number of aliphatic hydroxyl groups is 1. The number of piperidine rings is 1. The molecule has 0 radical (unpaired) electrons. The number of hydrogen-bond donors (Lipinski definition) is 2. The van der Waals surface area contributed by atoms with Gasteiger partial charge < -0.3 is 10.4 Å². The fourth-order valence-electron chi connectivity index (χ4n) is 3.59. The van der Waals surface area contributed by atoms with E-state index < -0.39 is 0 Å². The lowest BCUT2D eigenvalue weighted by molar-refractivity contribution is 0.0410. The molecule has 1 fully saturated rings. The highest BCUT2D eigenvalue weighted by molar-refractivity contribution is 5.69. The highest BCUT2D eigenvalue weighted by Gasteiger charge is 2.29. The number of rotatable bonds is 3. The second-order valence-electron chi connectivity index (χ2n) is 6.76. The standard InChI is InChI=1S/C18H26N2O/c1-12(2)18(21)15-7-9-20-17(11-15)14-5-6-16-13(10-14)4-3-8-19-16/h5-6,8,10,12,15,17-18,20-21H,3-4,7,9,11H2,1-2H3. The second-order valence-corrected chi connectivity index (χ2v) is 6.76. The maximum absolute atomic E-state index is 10.4. The van der Waals surface area contributed by atoms with Gasteiger partial charge in [-0.05, 0) is 61.3 Å². The summed E-state index contributed by atoms with van der Waals surface area (Å²) >= 11 is 0. The summed E-state index contributed by atoms with van der Waals surface area (Å²) in [5.41, 5.74) is 3.84. The molecule has 2 aliphatic rings. The Morgan fingerprint density at radius 1 is 1.33 bits per heavy atom. The van der Waals surface area contributed by atoms with Gasteiger partial charge in [-0.1, -0.05) is 26.0 Å².